The van der Waals surface area contributed by atoms with Crippen molar-refractivity contribution in [1.29, 1.82) is 0 Å². The van der Waals surface area contributed by atoms with Crippen molar-refractivity contribution in [3.8, 4) is 5.75 Å². The van der Waals surface area contributed by atoms with Crippen LogP contribution in [-0.2, 0) is 9.53 Å². The molecule has 0 aliphatic carbocycles. The highest BCUT2D eigenvalue weighted by Gasteiger charge is 2.18. The minimum atomic E-state index is -0.824. The molecule has 0 bridgehead atoms. The van der Waals surface area contributed by atoms with Crippen molar-refractivity contribution < 1.29 is 19.4 Å². The van der Waals surface area contributed by atoms with Gasteiger partial charge in [-0.15, -0.1) is 0 Å². The average Bonchev–Trinajstić information content (AvgIpc) is 2.27. The molecule has 0 saturated heterocycles. The number of ether oxygens (including phenoxy) is 2. The molecule has 0 aliphatic rings. The molecular weight excluding hydrogens is 208 g/mol. The minimum Gasteiger partial charge on any atom is -0.497 e. The van der Waals surface area contributed by atoms with Crippen molar-refractivity contribution in [2.24, 2.45) is 0 Å². The third kappa shape index (κ3) is 3.24. The fraction of sp³-hybridized carbons (Fsp3) is 0.417. The van der Waals surface area contributed by atoms with Gasteiger partial charge in [-0.3, -0.25) is 4.79 Å². The highest BCUT2D eigenvalue weighted by molar-refractivity contribution is 5.66. The van der Waals surface area contributed by atoms with E-state index >= 15 is 0 Å². The Labute approximate surface area is 94.8 Å². The topological polar surface area (TPSA) is 55.8 Å². The molecule has 4 heteroatoms. The van der Waals surface area contributed by atoms with Crippen LogP contribution in [0.3, 0.4) is 0 Å². The van der Waals surface area contributed by atoms with Gasteiger partial charge in [0.15, 0.2) is 0 Å². The summed E-state index contributed by atoms with van der Waals surface area (Å²) in [5, 5.41) is 9.88. The SMILES string of the molecule is COc1ccc(C(O)[C@H](C)OC(C)=O)cc1. The summed E-state index contributed by atoms with van der Waals surface area (Å²) in [5.41, 5.74) is 0.689. The lowest BCUT2D eigenvalue weighted by atomic mass is 10.1. The van der Waals surface area contributed by atoms with E-state index in [4.69, 9.17) is 9.47 Å². The fourth-order valence-electron chi connectivity index (χ4n) is 1.40. The Morgan fingerprint density at radius 1 is 1.31 bits per heavy atom. The first-order chi connectivity index (χ1) is 7.54. The first-order valence-corrected chi connectivity index (χ1v) is 5.04. The molecule has 4 nitrogen and oxygen atoms in total. The summed E-state index contributed by atoms with van der Waals surface area (Å²) in [6, 6.07) is 6.98. The molecule has 0 spiro atoms. The molecule has 1 aromatic carbocycles. The number of methoxy groups -OCH3 is 1. The van der Waals surface area contributed by atoms with E-state index < -0.39 is 18.2 Å². The maximum absolute atomic E-state index is 10.7. The normalized spacial score (nSPS) is 14.0. The Kier molecular flexibility index (Phi) is 4.31. The molecule has 2 atom stereocenters. The predicted octanol–water partition coefficient (Wildman–Crippen LogP) is 1.68. The number of benzene rings is 1. The minimum absolute atomic E-state index is 0.403. The van der Waals surface area contributed by atoms with Crippen LogP contribution in [0.4, 0.5) is 0 Å². The summed E-state index contributed by atoms with van der Waals surface area (Å²) in [6.07, 6.45) is -1.39. The summed E-state index contributed by atoms with van der Waals surface area (Å²) in [4.78, 5) is 10.7. The van der Waals surface area contributed by atoms with Crippen LogP contribution in [0.1, 0.15) is 25.5 Å². The summed E-state index contributed by atoms with van der Waals surface area (Å²) in [7, 11) is 1.58. The van der Waals surface area contributed by atoms with E-state index in [1.807, 2.05) is 0 Å². The van der Waals surface area contributed by atoms with Gasteiger partial charge in [-0.25, -0.2) is 0 Å². The van der Waals surface area contributed by atoms with Gasteiger partial charge in [0.05, 0.1) is 7.11 Å². The van der Waals surface area contributed by atoms with Crippen molar-refractivity contribution in [3.05, 3.63) is 29.8 Å². The standard InChI is InChI=1S/C12H16O4/c1-8(16-9(2)13)12(14)10-4-6-11(15-3)7-5-10/h4-8,12,14H,1-3H3/t8-,12?/m0/s1. The lowest BCUT2D eigenvalue weighted by molar-refractivity contribution is -0.151. The molecule has 0 radical (unpaired) electrons. The Morgan fingerprint density at radius 3 is 2.31 bits per heavy atom. The smallest absolute Gasteiger partial charge is 0.302 e. The average molecular weight is 224 g/mol. The summed E-state index contributed by atoms with van der Waals surface area (Å²) >= 11 is 0. The van der Waals surface area contributed by atoms with Crippen LogP contribution in [0.5, 0.6) is 5.75 Å². The number of aliphatic hydroxyl groups is 1. The van der Waals surface area contributed by atoms with Crippen molar-refractivity contribution in [2.75, 3.05) is 7.11 Å². The number of carbonyl (C=O) groups excluding carboxylic acids is 1. The molecule has 0 heterocycles. The monoisotopic (exact) mass is 224 g/mol. The van der Waals surface area contributed by atoms with E-state index in [9.17, 15) is 9.90 Å². The zero-order chi connectivity index (χ0) is 12.1. The number of hydrogen-bond donors (Lipinski definition) is 1. The predicted molar refractivity (Wildman–Crippen MR) is 59.2 cm³/mol. The van der Waals surface area contributed by atoms with E-state index in [2.05, 4.69) is 0 Å². The van der Waals surface area contributed by atoms with Gasteiger partial charge in [0.2, 0.25) is 0 Å². The number of hydrogen-bond acceptors (Lipinski definition) is 4. The Morgan fingerprint density at radius 2 is 1.88 bits per heavy atom. The van der Waals surface area contributed by atoms with E-state index in [1.165, 1.54) is 6.92 Å². The largest absolute Gasteiger partial charge is 0.497 e. The molecule has 1 unspecified atom stereocenters. The van der Waals surface area contributed by atoms with E-state index in [1.54, 1.807) is 38.3 Å². The van der Waals surface area contributed by atoms with Gasteiger partial charge in [-0.05, 0) is 24.6 Å². The van der Waals surface area contributed by atoms with Gasteiger partial charge in [0, 0.05) is 6.92 Å². The number of carbonyl (C=O) groups is 1. The molecule has 0 aromatic heterocycles. The summed E-state index contributed by atoms with van der Waals surface area (Å²) in [6.45, 7) is 2.97. The van der Waals surface area contributed by atoms with Crippen LogP contribution < -0.4 is 4.74 Å². The first kappa shape index (κ1) is 12.5. The lowest BCUT2D eigenvalue weighted by Gasteiger charge is -2.19. The molecule has 0 fully saturated rings. The van der Waals surface area contributed by atoms with Gasteiger partial charge in [0.25, 0.3) is 0 Å². The second-order valence-corrected chi connectivity index (χ2v) is 3.53. The maximum Gasteiger partial charge on any atom is 0.302 e. The second kappa shape index (κ2) is 5.51. The second-order valence-electron chi connectivity index (χ2n) is 3.53. The van der Waals surface area contributed by atoms with Gasteiger partial charge < -0.3 is 14.6 Å². The Hall–Kier alpha value is -1.55. The molecule has 1 aromatic rings. The summed E-state index contributed by atoms with van der Waals surface area (Å²) < 4.78 is 9.91. The van der Waals surface area contributed by atoms with Crippen LogP contribution >= 0.6 is 0 Å². The molecule has 16 heavy (non-hydrogen) atoms. The van der Waals surface area contributed by atoms with Crippen LogP contribution in [-0.4, -0.2) is 24.3 Å². The van der Waals surface area contributed by atoms with E-state index in [0.717, 1.165) is 5.75 Å². The van der Waals surface area contributed by atoms with Gasteiger partial charge in [0.1, 0.15) is 18.0 Å². The first-order valence-electron chi connectivity index (χ1n) is 5.04. The molecule has 1 rings (SSSR count). The van der Waals surface area contributed by atoms with Crippen molar-refractivity contribution in [2.45, 2.75) is 26.1 Å². The molecule has 0 saturated carbocycles. The quantitative estimate of drug-likeness (QED) is 0.790. The zero-order valence-electron chi connectivity index (χ0n) is 9.64. The Bertz CT molecular complexity index is 345. The fourth-order valence-corrected chi connectivity index (χ4v) is 1.40. The third-order valence-corrected chi connectivity index (χ3v) is 2.25. The van der Waals surface area contributed by atoms with Crippen LogP contribution in [0.25, 0.3) is 0 Å². The van der Waals surface area contributed by atoms with Crippen molar-refractivity contribution >= 4 is 5.97 Å². The lowest BCUT2D eigenvalue weighted by Crippen LogP contribution is -2.20. The summed E-state index contributed by atoms with van der Waals surface area (Å²) in [5.74, 6) is 0.316. The number of esters is 1. The molecule has 1 N–H and O–H groups in total. The van der Waals surface area contributed by atoms with Gasteiger partial charge >= 0.3 is 5.97 Å². The molecule has 88 valence electrons. The van der Waals surface area contributed by atoms with Crippen LogP contribution in [0, 0.1) is 0 Å². The highest BCUT2D eigenvalue weighted by Crippen LogP contribution is 2.21. The molecular formula is C12H16O4. The van der Waals surface area contributed by atoms with Crippen LogP contribution in [0.15, 0.2) is 24.3 Å². The number of rotatable bonds is 4. The zero-order valence-corrected chi connectivity index (χ0v) is 9.64. The van der Waals surface area contributed by atoms with E-state index in [-0.39, 0.29) is 0 Å². The third-order valence-electron chi connectivity index (χ3n) is 2.25. The van der Waals surface area contributed by atoms with Crippen molar-refractivity contribution in [1.82, 2.24) is 0 Å². The molecule has 0 amide bonds. The van der Waals surface area contributed by atoms with Gasteiger partial charge in [-0.1, -0.05) is 12.1 Å². The van der Waals surface area contributed by atoms with Crippen LogP contribution in [0.2, 0.25) is 0 Å². The van der Waals surface area contributed by atoms with E-state index in [0.29, 0.717) is 5.56 Å². The Balaban J connectivity index is 2.71. The maximum atomic E-state index is 10.7. The highest BCUT2D eigenvalue weighted by atomic mass is 16.6. The van der Waals surface area contributed by atoms with Crippen molar-refractivity contribution in [3.63, 3.8) is 0 Å². The van der Waals surface area contributed by atoms with Gasteiger partial charge in [-0.2, -0.15) is 0 Å². The number of aliphatic hydroxyl groups excluding tert-OH is 1. The molecule has 0 aliphatic heterocycles.